The maximum Gasteiger partial charge on any atom is 0.263 e. The molecule has 2 aromatic carbocycles. The van der Waals surface area contributed by atoms with Gasteiger partial charge in [0.05, 0.1) is 30.9 Å². The Hall–Kier alpha value is -3.32. The summed E-state index contributed by atoms with van der Waals surface area (Å²) in [6, 6.07) is 12.8. The Balaban J connectivity index is 1.76. The lowest BCUT2D eigenvalue weighted by atomic mass is 10.1. The number of methoxy groups -OCH3 is 1. The van der Waals surface area contributed by atoms with E-state index in [1.54, 1.807) is 36.4 Å². The van der Waals surface area contributed by atoms with Gasteiger partial charge in [0.25, 0.3) is 5.56 Å². The molecule has 28 heavy (non-hydrogen) atoms. The molecule has 140 valence electrons. The SMILES string of the molecule is COc1ccccc1C(=O)Cn1cnc2scc(-c3ccc(F)cc3)c2c1=O. The molecule has 4 rings (SSSR count). The van der Waals surface area contributed by atoms with Gasteiger partial charge in [0.2, 0.25) is 0 Å². The van der Waals surface area contributed by atoms with Crippen LogP contribution in [0, 0.1) is 5.82 Å². The van der Waals surface area contributed by atoms with E-state index in [0.29, 0.717) is 27.1 Å². The molecule has 7 heteroatoms. The van der Waals surface area contributed by atoms with Crippen molar-refractivity contribution in [3.8, 4) is 16.9 Å². The van der Waals surface area contributed by atoms with Gasteiger partial charge in [-0.1, -0.05) is 24.3 Å². The fraction of sp³-hybridized carbons (Fsp3) is 0.0952. The summed E-state index contributed by atoms with van der Waals surface area (Å²) in [4.78, 5) is 30.6. The molecule has 0 saturated heterocycles. The first kappa shape index (κ1) is 18.1. The molecule has 0 aliphatic rings. The summed E-state index contributed by atoms with van der Waals surface area (Å²) < 4.78 is 19.7. The summed E-state index contributed by atoms with van der Waals surface area (Å²) in [5.41, 5.74) is 1.49. The van der Waals surface area contributed by atoms with Gasteiger partial charge in [-0.15, -0.1) is 11.3 Å². The van der Waals surface area contributed by atoms with Gasteiger partial charge in [-0.3, -0.25) is 14.2 Å². The maximum absolute atomic E-state index is 13.2. The number of thiophene rings is 1. The molecule has 0 bridgehead atoms. The van der Waals surface area contributed by atoms with Gasteiger partial charge in [-0.05, 0) is 29.8 Å². The summed E-state index contributed by atoms with van der Waals surface area (Å²) >= 11 is 1.33. The van der Waals surface area contributed by atoms with Crippen LogP contribution in [0.1, 0.15) is 10.4 Å². The largest absolute Gasteiger partial charge is 0.496 e. The quantitative estimate of drug-likeness (QED) is 0.477. The maximum atomic E-state index is 13.2. The molecule has 4 aromatic rings. The number of nitrogens with zero attached hydrogens (tertiary/aromatic N) is 2. The predicted molar refractivity (Wildman–Crippen MR) is 107 cm³/mol. The molecule has 2 aromatic heterocycles. The molecule has 0 aliphatic carbocycles. The van der Waals surface area contributed by atoms with Crippen molar-refractivity contribution >= 4 is 27.3 Å². The van der Waals surface area contributed by atoms with Crippen LogP contribution in [0.4, 0.5) is 4.39 Å². The number of hydrogen-bond acceptors (Lipinski definition) is 5. The van der Waals surface area contributed by atoms with Crippen LogP contribution in [0.25, 0.3) is 21.3 Å². The number of para-hydroxylation sites is 1. The van der Waals surface area contributed by atoms with Crippen molar-refractivity contribution in [2.45, 2.75) is 6.54 Å². The Bertz CT molecular complexity index is 1230. The van der Waals surface area contributed by atoms with Crippen molar-refractivity contribution in [2.24, 2.45) is 0 Å². The highest BCUT2D eigenvalue weighted by Gasteiger charge is 2.17. The third-order valence-corrected chi connectivity index (χ3v) is 5.32. The van der Waals surface area contributed by atoms with Gasteiger partial charge >= 0.3 is 0 Å². The van der Waals surface area contributed by atoms with Crippen LogP contribution in [0.15, 0.2) is 65.0 Å². The number of rotatable bonds is 5. The topological polar surface area (TPSA) is 61.2 Å². The molecule has 0 fully saturated rings. The van der Waals surface area contributed by atoms with Gasteiger partial charge < -0.3 is 4.74 Å². The zero-order valence-corrected chi connectivity index (χ0v) is 15.7. The number of hydrogen-bond donors (Lipinski definition) is 0. The molecule has 0 spiro atoms. The molecule has 5 nitrogen and oxygen atoms in total. The number of ether oxygens (including phenoxy) is 1. The van der Waals surface area contributed by atoms with E-state index in [1.807, 2.05) is 5.38 Å². The molecule has 0 atom stereocenters. The van der Waals surface area contributed by atoms with Gasteiger partial charge in [-0.25, -0.2) is 9.37 Å². The minimum atomic E-state index is -0.346. The lowest BCUT2D eigenvalue weighted by Crippen LogP contribution is -2.24. The van der Waals surface area contributed by atoms with Gasteiger partial charge in [0.1, 0.15) is 16.4 Å². The Morgan fingerprint density at radius 2 is 1.93 bits per heavy atom. The van der Waals surface area contributed by atoms with E-state index in [2.05, 4.69) is 4.98 Å². The average Bonchev–Trinajstić information content (AvgIpc) is 3.15. The zero-order chi connectivity index (χ0) is 19.7. The van der Waals surface area contributed by atoms with E-state index >= 15 is 0 Å². The highest BCUT2D eigenvalue weighted by Crippen LogP contribution is 2.30. The number of fused-ring (bicyclic) bond motifs is 1. The second-order valence-electron chi connectivity index (χ2n) is 6.14. The predicted octanol–water partition coefficient (Wildman–Crippen LogP) is 4.16. The van der Waals surface area contributed by atoms with Gasteiger partial charge in [-0.2, -0.15) is 0 Å². The van der Waals surface area contributed by atoms with Crippen LogP contribution < -0.4 is 10.3 Å². The van der Waals surface area contributed by atoms with Crippen molar-refractivity contribution in [1.29, 1.82) is 0 Å². The number of Topliss-reactive ketones (excluding diaryl/α,β-unsaturated/α-hetero) is 1. The Morgan fingerprint density at radius 1 is 1.18 bits per heavy atom. The van der Waals surface area contributed by atoms with Crippen LogP contribution in [-0.2, 0) is 6.54 Å². The fourth-order valence-electron chi connectivity index (χ4n) is 3.04. The molecular formula is C21H15FN2O3S. The van der Waals surface area contributed by atoms with Crippen molar-refractivity contribution in [1.82, 2.24) is 9.55 Å². The van der Waals surface area contributed by atoms with E-state index in [-0.39, 0.29) is 23.7 Å². The normalized spacial score (nSPS) is 10.9. The summed E-state index contributed by atoms with van der Waals surface area (Å²) in [6.45, 7) is -0.152. The molecule has 0 saturated carbocycles. The minimum Gasteiger partial charge on any atom is -0.496 e. The van der Waals surface area contributed by atoms with Crippen molar-refractivity contribution in [2.75, 3.05) is 7.11 Å². The van der Waals surface area contributed by atoms with Crippen LogP contribution in [0.2, 0.25) is 0 Å². The van der Waals surface area contributed by atoms with E-state index in [4.69, 9.17) is 4.74 Å². The van der Waals surface area contributed by atoms with Crippen molar-refractivity contribution in [3.63, 3.8) is 0 Å². The van der Waals surface area contributed by atoms with Crippen LogP contribution in [0.5, 0.6) is 5.75 Å². The van der Waals surface area contributed by atoms with Crippen molar-refractivity contribution < 1.29 is 13.9 Å². The molecular weight excluding hydrogens is 379 g/mol. The van der Waals surface area contributed by atoms with Crippen LogP contribution in [0.3, 0.4) is 0 Å². The average molecular weight is 394 g/mol. The summed E-state index contributed by atoms with van der Waals surface area (Å²) in [6.07, 6.45) is 1.38. The monoisotopic (exact) mass is 394 g/mol. The molecule has 0 amide bonds. The molecule has 0 radical (unpaired) electrons. The second kappa shape index (κ2) is 7.36. The first-order valence-electron chi connectivity index (χ1n) is 8.47. The van der Waals surface area contributed by atoms with E-state index in [1.165, 1.54) is 41.5 Å². The highest BCUT2D eigenvalue weighted by molar-refractivity contribution is 7.17. The molecule has 0 unspecified atom stereocenters. The van der Waals surface area contributed by atoms with Crippen LogP contribution >= 0.6 is 11.3 Å². The summed E-state index contributed by atoms with van der Waals surface area (Å²) in [7, 11) is 1.49. The Morgan fingerprint density at radius 3 is 2.68 bits per heavy atom. The smallest absolute Gasteiger partial charge is 0.263 e. The summed E-state index contributed by atoms with van der Waals surface area (Å²) in [5.74, 6) is -0.141. The lowest BCUT2D eigenvalue weighted by Gasteiger charge is -2.09. The lowest BCUT2D eigenvalue weighted by molar-refractivity contribution is 0.0967. The molecule has 0 N–H and O–H groups in total. The highest BCUT2D eigenvalue weighted by atomic mass is 32.1. The Kier molecular flexibility index (Phi) is 4.75. The number of halogens is 1. The number of ketones is 1. The second-order valence-corrected chi connectivity index (χ2v) is 7.00. The number of aromatic nitrogens is 2. The third-order valence-electron chi connectivity index (χ3n) is 4.44. The van der Waals surface area contributed by atoms with Crippen LogP contribution in [-0.4, -0.2) is 22.4 Å². The first-order chi connectivity index (χ1) is 13.6. The van der Waals surface area contributed by atoms with E-state index in [0.717, 1.165) is 5.56 Å². The number of benzene rings is 2. The number of carbonyl (C=O) groups excluding carboxylic acids is 1. The first-order valence-corrected chi connectivity index (χ1v) is 9.35. The third kappa shape index (κ3) is 3.20. The molecule has 0 aliphatic heterocycles. The molecule has 2 heterocycles. The standard InChI is InChI=1S/C21H15FN2O3S/c1-27-18-5-3-2-4-15(18)17(25)10-24-12-23-20-19(21(24)26)16(11-28-20)13-6-8-14(22)9-7-13/h2-9,11-12H,10H2,1H3. The van der Waals surface area contributed by atoms with E-state index < -0.39 is 0 Å². The minimum absolute atomic E-state index is 0.152. The van der Waals surface area contributed by atoms with Gasteiger partial charge in [0.15, 0.2) is 5.78 Å². The summed E-state index contributed by atoms with van der Waals surface area (Å²) in [5, 5.41) is 2.24. The Labute approximate surface area is 163 Å². The zero-order valence-electron chi connectivity index (χ0n) is 14.9. The number of carbonyl (C=O) groups is 1. The van der Waals surface area contributed by atoms with Crippen molar-refractivity contribution in [3.05, 3.63) is 82.0 Å². The fourth-order valence-corrected chi connectivity index (χ4v) is 3.94. The van der Waals surface area contributed by atoms with Gasteiger partial charge in [0, 0.05) is 10.9 Å². The van der Waals surface area contributed by atoms with E-state index in [9.17, 15) is 14.0 Å².